The molecule has 0 amide bonds. The Kier molecular flexibility index (Phi) is 5.55. The van der Waals surface area contributed by atoms with Gasteiger partial charge in [-0.15, -0.1) is 0 Å². The fraction of sp³-hybridized carbons (Fsp3) is 0.292. The van der Waals surface area contributed by atoms with Crippen molar-refractivity contribution in [3.8, 4) is 22.7 Å². The van der Waals surface area contributed by atoms with Crippen LogP contribution >= 0.6 is 11.6 Å². The molecule has 0 unspecified atom stereocenters. The molecule has 1 saturated heterocycles. The van der Waals surface area contributed by atoms with Gasteiger partial charge < -0.3 is 19.5 Å². The van der Waals surface area contributed by atoms with Crippen molar-refractivity contribution < 1.29 is 23.8 Å². The lowest BCUT2D eigenvalue weighted by atomic mass is 9.96. The van der Waals surface area contributed by atoms with E-state index in [1.807, 2.05) is 30.3 Å². The first kappa shape index (κ1) is 21.5. The van der Waals surface area contributed by atoms with Crippen LogP contribution in [0.3, 0.4) is 0 Å². The Bertz CT molecular complexity index is 1220. The fourth-order valence-electron chi connectivity index (χ4n) is 4.37. The van der Waals surface area contributed by atoms with Gasteiger partial charge in [0.15, 0.2) is 0 Å². The van der Waals surface area contributed by atoms with E-state index in [1.165, 1.54) is 0 Å². The van der Waals surface area contributed by atoms with Crippen LogP contribution in [0.25, 0.3) is 16.9 Å². The predicted octanol–water partition coefficient (Wildman–Crippen LogP) is 3.38. The van der Waals surface area contributed by atoms with Gasteiger partial charge in [-0.3, -0.25) is 9.59 Å². The standard InChI is InChI=1S/C24H22ClN3O5/c1-31-16-4-2-3-15(13-16)20-10-12-27-28(20)23-17-9-11-26-14-24(18(17)5-6-19(23)25)32-21(29)7-8-22(30)33-24/h2-6,10,12-13,26H,7-9,11,14H2,1H3. The molecule has 170 valence electrons. The number of carbonyl (C=O) groups is 2. The second-order valence-corrected chi connectivity index (χ2v) is 8.32. The number of benzene rings is 2. The van der Waals surface area contributed by atoms with Crippen LogP contribution in [0.2, 0.25) is 5.02 Å². The third-order valence-electron chi connectivity index (χ3n) is 5.86. The highest BCUT2D eigenvalue weighted by Gasteiger charge is 2.46. The van der Waals surface area contributed by atoms with Crippen LogP contribution < -0.4 is 10.1 Å². The minimum absolute atomic E-state index is 0.0183. The van der Waals surface area contributed by atoms with Gasteiger partial charge in [-0.25, -0.2) is 4.68 Å². The van der Waals surface area contributed by atoms with Crippen LogP contribution in [0.1, 0.15) is 24.0 Å². The highest BCUT2D eigenvalue weighted by molar-refractivity contribution is 6.32. The van der Waals surface area contributed by atoms with Gasteiger partial charge >= 0.3 is 11.9 Å². The number of nitrogens with zero attached hydrogens (tertiary/aromatic N) is 2. The van der Waals surface area contributed by atoms with Crippen LogP contribution in [0.4, 0.5) is 0 Å². The van der Waals surface area contributed by atoms with Crippen molar-refractivity contribution in [2.45, 2.75) is 25.0 Å². The number of hydrogen-bond donors (Lipinski definition) is 1. The van der Waals surface area contributed by atoms with Crippen molar-refractivity contribution in [2.75, 3.05) is 20.2 Å². The molecule has 3 heterocycles. The smallest absolute Gasteiger partial charge is 0.309 e. The summed E-state index contributed by atoms with van der Waals surface area (Å²) in [7, 11) is 1.62. The van der Waals surface area contributed by atoms with E-state index in [9.17, 15) is 9.59 Å². The lowest BCUT2D eigenvalue weighted by Gasteiger charge is -2.32. The van der Waals surface area contributed by atoms with E-state index < -0.39 is 17.7 Å². The Morgan fingerprint density at radius 3 is 2.64 bits per heavy atom. The maximum Gasteiger partial charge on any atom is 0.309 e. The molecule has 0 radical (unpaired) electrons. The molecule has 1 N–H and O–H groups in total. The Balaban J connectivity index is 1.70. The van der Waals surface area contributed by atoms with Crippen LogP contribution in [0, 0.1) is 0 Å². The van der Waals surface area contributed by atoms with Gasteiger partial charge in [0.2, 0.25) is 0 Å². The number of halogens is 1. The lowest BCUT2D eigenvalue weighted by molar-refractivity contribution is -0.225. The molecule has 33 heavy (non-hydrogen) atoms. The zero-order chi connectivity index (χ0) is 23.0. The van der Waals surface area contributed by atoms with Gasteiger partial charge in [-0.1, -0.05) is 23.7 Å². The molecular weight excluding hydrogens is 446 g/mol. The zero-order valence-corrected chi connectivity index (χ0v) is 18.7. The van der Waals surface area contributed by atoms with Crippen LogP contribution in [0.5, 0.6) is 5.75 Å². The third kappa shape index (κ3) is 3.85. The van der Waals surface area contributed by atoms with Gasteiger partial charge in [-0.05, 0) is 48.9 Å². The maximum atomic E-state index is 12.4. The van der Waals surface area contributed by atoms with E-state index in [4.69, 9.17) is 25.8 Å². The monoisotopic (exact) mass is 467 g/mol. The van der Waals surface area contributed by atoms with Crippen LogP contribution in [-0.2, 0) is 31.3 Å². The second kappa shape index (κ2) is 8.53. The first-order valence-corrected chi connectivity index (χ1v) is 11.0. The molecule has 0 atom stereocenters. The third-order valence-corrected chi connectivity index (χ3v) is 6.17. The van der Waals surface area contributed by atoms with E-state index in [0.717, 1.165) is 22.6 Å². The molecule has 0 saturated carbocycles. The largest absolute Gasteiger partial charge is 0.497 e. The molecule has 0 aliphatic carbocycles. The van der Waals surface area contributed by atoms with Gasteiger partial charge in [0.1, 0.15) is 5.75 Å². The molecule has 2 aliphatic heterocycles. The predicted molar refractivity (Wildman–Crippen MR) is 120 cm³/mol. The average Bonchev–Trinajstić information content (AvgIpc) is 3.16. The van der Waals surface area contributed by atoms with Crippen molar-refractivity contribution in [3.05, 3.63) is 64.8 Å². The van der Waals surface area contributed by atoms with Gasteiger partial charge in [0.05, 0.1) is 49.1 Å². The number of carbonyl (C=O) groups excluding carboxylic acids is 2. The Hall–Kier alpha value is -3.36. The van der Waals surface area contributed by atoms with E-state index in [2.05, 4.69) is 10.4 Å². The van der Waals surface area contributed by atoms with Crippen LogP contribution in [-0.4, -0.2) is 41.9 Å². The summed E-state index contributed by atoms with van der Waals surface area (Å²) in [6, 6.07) is 13.0. The van der Waals surface area contributed by atoms with Gasteiger partial charge in [0.25, 0.3) is 5.79 Å². The molecule has 1 aromatic heterocycles. The Morgan fingerprint density at radius 2 is 1.88 bits per heavy atom. The summed E-state index contributed by atoms with van der Waals surface area (Å²) in [5.74, 6) is -1.80. The number of rotatable bonds is 3. The number of esters is 2. The first-order chi connectivity index (χ1) is 16.0. The molecule has 3 aromatic rings. The molecule has 5 rings (SSSR count). The van der Waals surface area contributed by atoms with Crippen molar-refractivity contribution in [3.63, 3.8) is 0 Å². The molecule has 0 bridgehead atoms. The molecular formula is C24H22ClN3O5. The SMILES string of the molecule is COc1cccc(-c2ccnn2-c2c(Cl)ccc3c2CCNCC32OC(=O)CCC(=O)O2)c1. The lowest BCUT2D eigenvalue weighted by Crippen LogP contribution is -2.43. The normalized spacial score (nSPS) is 17.5. The summed E-state index contributed by atoms with van der Waals surface area (Å²) >= 11 is 6.72. The number of fused-ring (bicyclic) bond motifs is 2. The zero-order valence-electron chi connectivity index (χ0n) is 18.0. The topological polar surface area (TPSA) is 91.7 Å². The minimum Gasteiger partial charge on any atom is -0.497 e. The molecule has 8 nitrogen and oxygen atoms in total. The van der Waals surface area contributed by atoms with Gasteiger partial charge in [0, 0.05) is 11.1 Å². The molecule has 9 heteroatoms. The quantitative estimate of drug-likeness (QED) is 0.590. The molecule has 1 fully saturated rings. The Morgan fingerprint density at radius 1 is 1.09 bits per heavy atom. The van der Waals surface area contributed by atoms with E-state index in [1.54, 1.807) is 30.1 Å². The van der Waals surface area contributed by atoms with Crippen LogP contribution in [0.15, 0.2) is 48.7 Å². The van der Waals surface area contributed by atoms with E-state index in [0.29, 0.717) is 29.2 Å². The van der Waals surface area contributed by atoms with Crippen molar-refractivity contribution in [1.29, 1.82) is 0 Å². The number of nitrogens with one attached hydrogen (secondary N) is 1. The van der Waals surface area contributed by atoms with Gasteiger partial charge in [-0.2, -0.15) is 5.10 Å². The number of aromatic nitrogens is 2. The number of methoxy groups -OCH3 is 1. The van der Waals surface area contributed by atoms with E-state index in [-0.39, 0.29) is 19.4 Å². The second-order valence-electron chi connectivity index (χ2n) is 7.91. The highest BCUT2D eigenvalue weighted by atomic mass is 35.5. The van der Waals surface area contributed by atoms with E-state index >= 15 is 0 Å². The molecule has 2 aromatic carbocycles. The first-order valence-electron chi connectivity index (χ1n) is 10.7. The summed E-state index contributed by atoms with van der Waals surface area (Å²) in [6.07, 6.45) is 2.23. The number of ether oxygens (including phenoxy) is 3. The summed E-state index contributed by atoms with van der Waals surface area (Å²) in [4.78, 5) is 24.7. The summed E-state index contributed by atoms with van der Waals surface area (Å²) < 4.78 is 18.6. The average molecular weight is 468 g/mol. The molecule has 2 aliphatic rings. The highest BCUT2D eigenvalue weighted by Crippen LogP contribution is 2.40. The number of hydrogen-bond acceptors (Lipinski definition) is 7. The summed E-state index contributed by atoms with van der Waals surface area (Å²) in [5, 5.41) is 8.27. The van der Waals surface area contributed by atoms with Crippen molar-refractivity contribution in [1.82, 2.24) is 15.1 Å². The molecule has 1 spiro atoms. The summed E-state index contributed by atoms with van der Waals surface area (Å²) in [5.41, 5.74) is 3.74. The Labute approximate surface area is 195 Å². The van der Waals surface area contributed by atoms with Crippen molar-refractivity contribution in [2.24, 2.45) is 0 Å². The summed E-state index contributed by atoms with van der Waals surface area (Å²) in [6.45, 7) is 0.730. The fourth-order valence-corrected chi connectivity index (χ4v) is 4.62. The minimum atomic E-state index is -1.56. The maximum absolute atomic E-state index is 12.4. The van der Waals surface area contributed by atoms with Crippen molar-refractivity contribution >= 4 is 23.5 Å².